The van der Waals surface area contributed by atoms with Crippen molar-refractivity contribution in [1.82, 2.24) is 0 Å². The first-order valence-electron chi connectivity index (χ1n) is 9.95. The van der Waals surface area contributed by atoms with Gasteiger partial charge in [0.15, 0.2) is 0 Å². The lowest BCUT2D eigenvalue weighted by Gasteiger charge is -2.15. The second kappa shape index (κ2) is 12.4. The fourth-order valence-corrected chi connectivity index (χ4v) is 4.20. The zero-order valence-electron chi connectivity index (χ0n) is 16.5. The van der Waals surface area contributed by atoms with E-state index < -0.39 is 0 Å². The first kappa shape index (κ1) is 23.0. The zero-order valence-corrected chi connectivity index (χ0v) is 19.5. The summed E-state index contributed by atoms with van der Waals surface area (Å²) in [5.41, 5.74) is 0.0943. The average molecular weight is 471 g/mol. The standard InChI is InChI=1S/C20H39IO2S/c1-16(2)9-6-10-17(3)11-7-12-18(4)13-8-14-20(5)19(23-20)15-22-24-21/h16-19H,6-15H2,1-5H3. The quantitative estimate of drug-likeness (QED) is 0.140. The van der Waals surface area contributed by atoms with Crippen molar-refractivity contribution in [2.24, 2.45) is 17.8 Å². The van der Waals surface area contributed by atoms with Crippen LogP contribution in [0.3, 0.4) is 0 Å². The van der Waals surface area contributed by atoms with Crippen LogP contribution in [0.5, 0.6) is 0 Å². The van der Waals surface area contributed by atoms with Gasteiger partial charge >= 0.3 is 0 Å². The van der Waals surface area contributed by atoms with Gasteiger partial charge in [-0.25, -0.2) is 0 Å². The molecule has 0 aromatic carbocycles. The van der Waals surface area contributed by atoms with Gasteiger partial charge < -0.3 is 8.92 Å². The smallest absolute Gasteiger partial charge is 0.112 e. The average Bonchev–Trinajstić information content (AvgIpc) is 3.15. The maximum atomic E-state index is 5.81. The minimum absolute atomic E-state index is 0.0943. The van der Waals surface area contributed by atoms with E-state index in [4.69, 9.17) is 8.92 Å². The van der Waals surface area contributed by atoms with Gasteiger partial charge in [0.1, 0.15) is 6.10 Å². The molecule has 1 aliphatic rings. The van der Waals surface area contributed by atoms with E-state index >= 15 is 0 Å². The minimum atomic E-state index is 0.0943. The summed E-state index contributed by atoms with van der Waals surface area (Å²) in [4.78, 5) is 0. The number of hydrogen-bond acceptors (Lipinski definition) is 3. The number of hydrogen-bond donors (Lipinski definition) is 0. The zero-order chi connectivity index (χ0) is 18.0. The van der Waals surface area contributed by atoms with Gasteiger partial charge in [0.05, 0.1) is 21.4 Å². The van der Waals surface area contributed by atoms with Gasteiger partial charge in [-0.2, -0.15) is 0 Å². The molecular formula is C20H39IO2S. The van der Waals surface area contributed by atoms with Crippen LogP contribution >= 0.6 is 30.4 Å². The van der Waals surface area contributed by atoms with Crippen LogP contribution in [0.4, 0.5) is 0 Å². The van der Waals surface area contributed by atoms with Crippen molar-refractivity contribution >= 4 is 30.4 Å². The van der Waals surface area contributed by atoms with Crippen LogP contribution in [-0.2, 0) is 8.92 Å². The number of epoxide rings is 1. The Kier molecular flexibility index (Phi) is 11.9. The number of ether oxygens (including phenoxy) is 1. The van der Waals surface area contributed by atoms with Gasteiger partial charge in [0, 0.05) is 21.2 Å². The first-order valence-corrected chi connectivity index (χ1v) is 13.2. The molecule has 0 aromatic rings. The molecule has 2 nitrogen and oxygen atoms in total. The number of rotatable bonds is 15. The summed E-state index contributed by atoms with van der Waals surface area (Å²) in [7, 11) is 1.41. The Labute approximate surface area is 167 Å². The van der Waals surface area contributed by atoms with Crippen LogP contribution in [0, 0.1) is 17.8 Å². The van der Waals surface area contributed by atoms with E-state index in [9.17, 15) is 0 Å². The Morgan fingerprint density at radius 3 is 2.04 bits per heavy atom. The Hall–Kier alpha value is 1.00. The monoisotopic (exact) mass is 470 g/mol. The molecule has 0 bridgehead atoms. The summed E-state index contributed by atoms with van der Waals surface area (Å²) in [5.74, 6) is 2.63. The van der Waals surface area contributed by atoms with Gasteiger partial charge in [0.2, 0.25) is 0 Å². The predicted octanol–water partition coefficient (Wildman–Crippen LogP) is 7.60. The Morgan fingerprint density at radius 1 is 0.958 bits per heavy atom. The molecule has 1 fully saturated rings. The first-order chi connectivity index (χ1) is 11.4. The van der Waals surface area contributed by atoms with E-state index in [1.165, 1.54) is 67.0 Å². The fourth-order valence-electron chi connectivity index (χ4n) is 3.59. The normalized spacial score (nSPS) is 25.9. The Bertz CT molecular complexity index is 327. The molecule has 0 N–H and O–H groups in total. The molecule has 0 aromatic heterocycles. The lowest BCUT2D eigenvalue weighted by molar-refractivity contribution is 0.263. The van der Waals surface area contributed by atoms with Crippen molar-refractivity contribution in [3.63, 3.8) is 0 Å². The molecule has 4 atom stereocenters. The van der Waals surface area contributed by atoms with Crippen LogP contribution in [0.2, 0.25) is 0 Å². The Morgan fingerprint density at radius 2 is 1.50 bits per heavy atom. The molecule has 24 heavy (non-hydrogen) atoms. The van der Waals surface area contributed by atoms with Gasteiger partial charge in [0.25, 0.3) is 0 Å². The van der Waals surface area contributed by atoms with Gasteiger partial charge in [-0.3, -0.25) is 0 Å². The molecule has 4 unspecified atom stereocenters. The summed E-state index contributed by atoms with van der Waals surface area (Å²) in [6.07, 6.45) is 12.6. The van der Waals surface area contributed by atoms with Crippen LogP contribution in [0.15, 0.2) is 0 Å². The molecular weight excluding hydrogens is 431 g/mol. The summed E-state index contributed by atoms with van der Waals surface area (Å²) < 4.78 is 11.2. The highest BCUT2D eigenvalue weighted by Gasteiger charge is 2.51. The second-order valence-corrected chi connectivity index (χ2v) is 10.1. The fraction of sp³-hybridized carbons (Fsp3) is 1.00. The third kappa shape index (κ3) is 10.2. The van der Waals surface area contributed by atoms with Crippen molar-refractivity contribution < 1.29 is 8.92 Å². The molecule has 0 amide bonds. The van der Waals surface area contributed by atoms with E-state index in [0.717, 1.165) is 24.4 Å². The summed E-state index contributed by atoms with van der Waals surface area (Å²) >= 11 is 2.16. The van der Waals surface area contributed by atoms with Crippen molar-refractivity contribution in [3.8, 4) is 0 Å². The van der Waals surface area contributed by atoms with Crippen LogP contribution in [0.1, 0.15) is 92.4 Å². The van der Waals surface area contributed by atoms with Crippen molar-refractivity contribution in [1.29, 1.82) is 0 Å². The van der Waals surface area contributed by atoms with E-state index in [-0.39, 0.29) is 5.60 Å². The van der Waals surface area contributed by atoms with Gasteiger partial charge in [-0.15, -0.1) is 0 Å². The van der Waals surface area contributed by atoms with E-state index in [2.05, 4.69) is 55.8 Å². The molecule has 0 spiro atoms. The lowest BCUT2D eigenvalue weighted by Crippen LogP contribution is -2.13. The largest absolute Gasteiger partial charge is 0.364 e. The molecule has 1 rings (SSSR count). The molecule has 0 radical (unpaired) electrons. The maximum absolute atomic E-state index is 5.81. The van der Waals surface area contributed by atoms with Gasteiger partial charge in [-0.1, -0.05) is 79.1 Å². The minimum Gasteiger partial charge on any atom is -0.364 e. The van der Waals surface area contributed by atoms with Crippen LogP contribution < -0.4 is 0 Å². The van der Waals surface area contributed by atoms with E-state index in [1.807, 2.05) is 0 Å². The third-order valence-electron chi connectivity index (χ3n) is 5.54. The number of halogens is 1. The van der Waals surface area contributed by atoms with Crippen LogP contribution in [0.25, 0.3) is 0 Å². The van der Waals surface area contributed by atoms with Crippen molar-refractivity contribution in [3.05, 3.63) is 0 Å². The van der Waals surface area contributed by atoms with Crippen LogP contribution in [-0.4, -0.2) is 18.3 Å². The lowest BCUT2D eigenvalue weighted by atomic mass is 9.90. The highest BCUT2D eigenvalue weighted by molar-refractivity contribution is 14.2. The molecule has 4 heteroatoms. The predicted molar refractivity (Wildman–Crippen MR) is 116 cm³/mol. The SMILES string of the molecule is CC(C)CCCC(C)CCCC(C)CCCC1(C)OC1COSI. The topological polar surface area (TPSA) is 21.8 Å². The molecule has 0 saturated carbocycles. The van der Waals surface area contributed by atoms with Crippen molar-refractivity contribution in [2.75, 3.05) is 6.61 Å². The van der Waals surface area contributed by atoms with E-state index in [0.29, 0.717) is 6.10 Å². The summed E-state index contributed by atoms with van der Waals surface area (Å²) in [6.45, 7) is 12.5. The Balaban J connectivity index is 1.98. The molecule has 0 aliphatic carbocycles. The third-order valence-corrected chi connectivity index (χ3v) is 6.53. The highest BCUT2D eigenvalue weighted by atomic mass is 127. The van der Waals surface area contributed by atoms with Gasteiger partial charge in [-0.05, 0) is 31.1 Å². The summed E-state index contributed by atoms with van der Waals surface area (Å²) in [5, 5.41) is 0. The second-order valence-electron chi connectivity index (χ2n) is 8.62. The summed E-state index contributed by atoms with van der Waals surface area (Å²) in [6, 6.07) is 0. The highest BCUT2D eigenvalue weighted by Crippen LogP contribution is 2.41. The van der Waals surface area contributed by atoms with Crippen molar-refractivity contribution in [2.45, 2.75) is 104 Å². The van der Waals surface area contributed by atoms with E-state index in [1.54, 1.807) is 0 Å². The molecule has 1 saturated heterocycles. The molecule has 1 aliphatic heterocycles. The molecule has 144 valence electrons. The maximum Gasteiger partial charge on any atom is 0.112 e. The molecule has 1 heterocycles.